The van der Waals surface area contributed by atoms with Crippen molar-refractivity contribution in [3.63, 3.8) is 0 Å². The van der Waals surface area contributed by atoms with E-state index in [4.69, 9.17) is 9.63 Å². The number of benzene rings is 2. The van der Waals surface area contributed by atoms with E-state index in [1.165, 1.54) is 12.1 Å². The van der Waals surface area contributed by atoms with Gasteiger partial charge in [0.1, 0.15) is 18.5 Å². The van der Waals surface area contributed by atoms with Crippen molar-refractivity contribution in [1.29, 1.82) is 0 Å². The molecule has 2 atom stereocenters. The molecule has 28 heavy (non-hydrogen) atoms. The zero-order chi connectivity index (χ0) is 20.7. The first-order valence-corrected chi connectivity index (χ1v) is 10.5. The molecule has 150 valence electrons. The van der Waals surface area contributed by atoms with Crippen molar-refractivity contribution in [2.75, 3.05) is 12.8 Å². The number of aliphatic hydroxyl groups excluding tert-OH is 1. The molecule has 0 fully saturated rings. The van der Waals surface area contributed by atoms with Crippen molar-refractivity contribution in [2.45, 2.75) is 39.2 Å². The van der Waals surface area contributed by atoms with Gasteiger partial charge in [0.15, 0.2) is 0 Å². The Hall–Kier alpha value is -2.14. The quantitative estimate of drug-likeness (QED) is 0.443. The summed E-state index contributed by atoms with van der Waals surface area (Å²) in [5.74, 6) is -1.42. The van der Waals surface area contributed by atoms with Crippen LogP contribution in [0.5, 0.6) is 0 Å². The van der Waals surface area contributed by atoms with Gasteiger partial charge >= 0.3 is 14.0 Å². The maximum absolute atomic E-state index is 13.3. The van der Waals surface area contributed by atoms with Crippen LogP contribution in [0, 0.1) is 19.7 Å². The molecule has 2 aromatic carbocycles. The van der Waals surface area contributed by atoms with Crippen LogP contribution in [-0.4, -0.2) is 35.1 Å². The third-order valence-corrected chi connectivity index (χ3v) is 5.54. The van der Waals surface area contributed by atoms with Crippen LogP contribution in [-0.2, 0) is 20.3 Å². The molecule has 2 N–H and O–H groups in total. The van der Waals surface area contributed by atoms with Gasteiger partial charge in [-0.05, 0) is 65.6 Å². The van der Waals surface area contributed by atoms with Gasteiger partial charge in [-0.15, -0.1) is 4.52 Å². The van der Waals surface area contributed by atoms with Gasteiger partial charge in [0.2, 0.25) is 6.16 Å². The lowest BCUT2D eigenvalue weighted by Crippen LogP contribution is -2.15. The van der Waals surface area contributed by atoms with Crippen molar-refractivity contribution in [1.82, 2.24) is 0 Å². The van der Waals surface area contributed by atoms with Gasteiger partial charge in [-0.25, -0.2) is 4.39 Å². The van der Waals surface area contributed by atoms with Crippen LogP contribution in [0.3, 0.4) is 0 Å². The van der Waals surface area contributed by atoms with Crippen LogP contribution < -0.4 is 0 Å². The fourth-order valence-corrected chi connectivity index (χ4v) is 4.03. The molecule has 2 aromatic rings. The van der Waals surface area contributed by atoms with E-state index in [-0.39, 0.29) is 18.6 Å². The van der Waals surface area contributed by atoms with Crippen LogP contribution in [0.4, 0.5) is 4.39 Å². The molecule has 2 rings (SSSR count). The Labute approximate surface area is 165 Å². The Balaban J connectivity index is 1.98. The molecule has 0 aliphatic heterocycles. The highest BCUT2D eigenvalue weighted by molar-refractivity contribution is 7.39. The Kier molecular flexibility index (Phi) is 8.24. The Bertz CT molecular complexity index is 835. The Morgan fingerprint density at radius 2 is 1.89 bits per heavy atom. The van der Waals surface area contributed by atoms with E-state index in [0.717, 1.165) is 27.8 Å². The lowest BCUT2D eigenvalue weighted by atomic mass is 9.91. The molecule has 0 amide bonds. The minimum atomic E-state index is -2.10. The van der Waals surface area contributed by atoms with E-state index in [2.05, 4.69) is 12.1 Å². The van der Waals surface area contributed by atoms with Crippen LogP contribution in [0.1, 0.15) is 29.5 Å². The highest BCUT2D eigenvalue weighted by Crippen LogP contribution is 2.30. The molecule has 0 spiro atoms. The average molecular weight is 407 g/mol. The number of hydrogen-bond acceptors (Lipinski definition) is 4. The van der Waals surface area contributed by atoms with E-state index in [0.29, 0.717) is 12.8 Å². The van der Waals surface area contributed by atoms with Gasteiger partial charge in [-0.1, -0.05) is 29.8 Å². The van der Waals surface area contributed by atoms with E-state index < -0.39 is 26.5 Å². The molecule has 0 aliphatic carbocycles. The topological polar surface area (TPSA) is 83.8 Å². The van der Waals surface area contributed by atoms with E-state index in [1.54, 1.807) is 12.1 Å². The second kappa shape index (κ2) is 10.4. The molecule has 7 heteroatoms. The zero-order valence-electron chi connectivity index (χ0n) is 16.0. The van der Waals surface area contributed by atoms with Crippen molar-refractivity contribution in [3.8, 4) is 11.1 Å². The first-order chi connectivity index (χ1) is 13.3. The highest BCUT2D eigenvalue weighted by atomic mass is 31.1. The minimum absolute atomic E-state index is 0.188. The molecule has 0 aliphatic rings. The molecule has 0 bridgehead atoms. The molecular weight excluding hydrogens is 382 g/mol. The summed E-state index contributed by atoms with van der Waals surface area (Å²) in [5.41, 5.74) is 5.35. The summed E-state index contributed by atoms with van der Waals surface area (Å²) < 4.78 is 30.3. The van der Waals surface area contributed by atoms with Gasteiger partial charge < -0.3 is 10.2 Å². The second-order valence-corrected chi connectivity index (χ2v) is 8.11. The molecule has 0 aromatic heterocycles. The number of rotatable bonds is 10. The normalized spacial score (nSPS) is 12.6. The first kappa shape index (κ1) is 22.2. The maximum atomic E-state index is 13.3. The molecule has 0 heterocycles. The predicted molar refractivity (Wildman–Crippen MR) is 106 cm³/mol. The molecular formula is C21H25FO5P+. The summed E-state index contributed by atoms with van der Waals surface area (Å²) in [4.78, 5) is 10.5. The van der Waals surface area contributed by atoms with Gasteiger partial charge in [-0.2, -0.15) is 0 Å². The Morgan fingerprint density at radius 3 is 2.54 bits per heavy atom. The SMILES string of the molecule is Cc1cc(C)c(CCCO[P+](=O)CC(O)CC(=O)O)c(-c2ccc(F)cc2)c1. The number of carbonyl (C=O) groups is 1. The summed E-state index contributed by atoms with van der Waals surface area (Å²) in [6, 6.07) is 10.5. The number of halogens is 1. The van der Waals surface area contributed by atoms with E-state index in [1.807, 2.05) is 13.8 Å². The third kappa shape index (κ3) is 6.79. The maximum Gasteiger partial charge on any atom is 0.510 e. The van der Waals surface area contributed by atoms with Crippen LogP contribution in [0.2, 0.25) is 0 Å². The fourth-order valence-electron chi connectivity index (χ4n) is 3.12. The number of aryl methyl sites for hydroxylation is 2. The second-order valence-electron chi connectivity index (χ2n) is 6.82. The number of carboxylic acid groups (broad SMARTS) is 1. The lowest BCUT2D eigenvalue weighted by Gasteiger charge is -2.14. The van der Waals surface area contributed by atoms with Crippen molar-refractivity contribution in [2.24, 2.45) is 0 Å². The summed E-state index contributed by atoms with van der Waals surface area (Å²) in [6.07, 6.45) is -0.501. The predicted octanol–water partition coefficient (Wildman–Crippen LogP) is 4.64. The Morgan fingerprint density at radius 1 is 1.21 bits per heavy atom. The highest BCUT2D eigenvalue weighted by Gasteiger charge is 2.25. The van der Waals surface area contributed by atoms with Gasteiger partial charge in [0.05, 0.1) is 6.42 Å². The van der Waals surface area contributed by atoms with Gasteiger partial charge in [0.25, 0.3) is 0 Å². The van der Waals surface area contributed by atoms with E-state index >= 15 is 0 Å². The number of hydrogen-bond donors (Lipinski definition) is 2. The smallest absolute Gasteiger partial charge is 0.481 e. The van der Waals surface area contributed by atoms with Gasteiger partial charge in [0, 0.05) is 0 Å². The monoisotopic (exact) mass is 407 g/mol. The van der Waals surface area contributed by atoms with Crippen LogP contribution in [0.25, 0.3) is 11.1 Å². The number of aliphatic carboxylic acids is 1. The minimum Gasteiger partial charge on any atom is -0.481 e. The molecule has 2 unspecified atom stereocenters. The average Bonchev–Trinajstić information content (AvgIpc) is 2.59. The molecule has 0 radical (unpaired) electrons. The van der Waals surface area contributed by atoms with Crippen LogP contribution >= 0.6 is 8.03 Å². The zero-order valence-corrected chi connectivity index (χ0v) is 16.9. The van der Waals surface area contributed by atoms with Gasteiger partial charge in [-0.3, -0.25) is 4.79 Å². The van der Waals surface area contributed by atoms with Crippen molar-refractivity contribution < 1.29 is 28.5 Å². The van der Waals surface area contributed by atoms with Crippen molar-refractivity contribution in [3.05, 3.63) is 58.9 Å². The third-order valence-electron chi connectivity index (χ3n) is 4.35. The standard InChI is InChI=1S/C21H24FO5P/c1-14-10-15(2)19(20(11-14)16-5-7-17(22)8-6-16)4-3-9-27-28(26)13-18(23)12-21(24)25/h5-8,10-11,18,23H,3-4,9,12-13H2,1-2H3/p+1. The first-order valence-electron chi connectivity index (χ1n) is 9.09. The van der Waals surface area contributed by atoms with Crippen LogP contribution in [0.15, 0.2) is 36.4 Å². The summed E-state index contributed by atoms with van der Waals surface area (Å²) >= 11 is 0. The lowest BCUT2D eigenvalue weighted by molar-refractivity contribution is -0.138. The fraction of sp³-hybridized carbons (Fsp3) is 0.381. The summed E-state index contributed by atoms with van der Waals surface area (Å²) in [7, 11) is -2.10. The molecule has 0 saturated heterocycles. The van der Waals surface area contributed by atoms with E-state index in [9.17, 15) is 18.9 Å². The largest absolute Gasteiger partial charge is 0.510 e. The number of aliphatic hydroxyl groups is 1. The molecule has 5 nitrogen and oxygen atoms in total. The molecule has 0 saturated carbocycles. The summed E-state index contributed by atoms with van der Waals surface area (Å²) in [5, 5.41) is 18.1. The number of carboxylic acids is 1. The van der Waals surface area contributed by atoms with Crippen molar-refractivity contribution >= 4 is 14.0 Å². The summed E-state index contributed by atoms with van der Waals surface area (Å²) in [6.45, 7) is 4.28.